The standard InChI is InChI=1S/C25H30N4O4/c1-27(2)24(31)18-9-12-20-22(14-18)29(25(32)21-6-4-5-13-28(20)21)16-23(30)26-15-17-7-10-19(33-3)11-8-17/h7-12,14,21H,4-6,13,15-16H2,1-3H3,(H,26,30)/t21-/m0/s1. The molecule has 0 spiro atoms. The Balaban J connectivity index is 1.56. The molecule has 0 saturated carbocycles. The van der Waals surface area contributed by atoms with Gasteiger partial charge in [-0.05, 0) is 55.2 Å². The molecule has 174 valence electrons. The lowest BCUT2D eigenvalue weighted by molar-refractivity contribution is -0.125. The molecule has 1 atom stereocenters. The van der Waals surface area contributed by atoms with Gasteiger partial charge in [0.2, 0.25) is 11.8 Å². The zero-order valence-electron chi connectivity index (χ0n) is 19.3. The van der Waals surface area contributed by atoms with Crippen LogP contribution in [0.1, 0.15) is 35.2 Å². The number of nitrogens with zero attached hydrogens (tertiary/aromatic N) is 3. The number of ether oxygens (including phenoxy) is 1. The Morgan fingerprint density at radius 2 is 1.85 bits per heavy atom. The van der Waals surface area contributed by atoms with Crippen LogP contribution in [0.2, 0.25) is 0 Å². The van der Waals surface area contributed by atoms with Crippen molar-refractivity contribution >= 4 is 29.1 Å². The molecule has 2 aromatic carbocycles. The maximum absolute atomic E-state index is 13.4. The Hall–Kier alpha value is -3.55. The van der Waals surface area contributed by atoms with Crippen LogP contribution >= 0.6 is 0 Å². The lowest BCUT2D eigenvalue weighted by Crippen LogP contribution is -2.57. The molecule has 1 fully saturated rings. The number of piperidine rings is 1. The molecule has 0 unspecified atom stereocenters. The van der Waals surface area contributed by atoms with Gasteiger partial charge in [0.1, 0.15) is 18.3 Å². The number of methoxy groups -OCH3 is 1. The SMILES string of the molecule is COc1ccc(CNC(=O)CN2C(=O)[C@@H]3CCCCN3c3ccc(C(=O)N(C)C)cc32)cc1. The minimum absolute atomic E-state index is 0.0868. The van der Waals surface area contributed by atoms with Gasteiger partial charge in [0, 0.05) is 32.7 Å². The molecular weight excluding hydrogens is 420 g/mol. The summed E-state index contributed by atoms with van der Waals surface area (Å²) in [4.78, 5) is 44.0. The van der Waals surface area contributed by atoms with Crippen LogP contribution in [0.25, 0.3) is 0 Å². The maximum Gasteiger partial charge on any atom is 0.253 e. The maximum atomic E-state index is 13.4. The first-order valence-electron chi connectivity index (χ1n) is 11.2. The van der Waals surface area contributed by atoms with Gasteiger partial charge in [-0.25, -0.2) is 0 Å². The number of fused-ring (bicyclic) bond motifs is 3. The molecule has 4 rings (SSSR count). The first-order valence-corrected chi connectivity index (χ1v) is 11.2. The molecule has 0 radical (unpaired) electrons. The van der Waals surface area contributed by atoms with Crippen molar-refractivity contribution in [3.63, 3.8) is 0 Å². The number of hydrogen-bond donors (Lipinski definition) is 1. The molecule has 2 heterocycles. The molecule has 8 nitrogen and oxygen atoms in total. The van der Waals surface area contributed by atoms with E-state index < -0.39 is 0 Å². The molecule has 8 heteroatoms. The first-order chi connectivity index (χ1) is 15.9. The number of nitrogens with one attached hydrogen (secondary N) is 1. The predicted molar refractivity (Wildman–Crippen MR) is 127 cm³/mol. The summed E-state index contributed by atoms with van der Waals surface area (Å²) in [5.41, 5.74) is 2.94. The number of amides is 3. The number of hydrogen-bond acceptors (Lipinski definition) is 5. The summed E-state index contributed by atoms with van der Waals surface area (Å²) in [6.07, 6.45) is 2.77. The topological polar surface area (TPSA) is 82.2 Å². The highest BCUT2D eigenvalue weighted by molar-refractivity contribution is 6.09. The summed E-state index contributed by atoms with van der Waals surface area (Å²) < 4.78 is 5.16. The van der Waals surface area contributed by atoms with Crippen molar-refractivity contribution < 1.29 is 19.1 Å². The monoisotopic (exact) mass is 450 g/mol. The molecule has 1 saturated heterocycles. The van der Waals surface area contributed by atoms with Crippen LogP contribution in [0.4, 0.5) is 11.4 Å². The van der Waals surface area contributed by atoms with Crippen molar-refractivity contribution in [2.24, 2.45) is 0 Å². The summed E-state index contributed by atoms with van der Waals surface area (Å²) in [6, 6.07) is 12.6. The van der Waals surface area contributed by atoms with Gasteiger partial charge >= 0.3 is 0 Å². The van der Waals surface area contributed by atoms with Crippen molar-refractivity contribution in [3.8, 4) is 5.75 Å². The van der Waals surface area contributed by atoms with Gasteiger partial charge in [0.05, 0.1) is 18.5 Å². The van der Waals surface area contributed by atoms with Crippen molar-refractivity contribution in [1.29, 1.82) is 0 Å². The average Bonchev–Trinajstić information content (AvgIpc) is 2.84. The van der Waals surface area contributed by atoms with Crippen LogP contribution in [0.5, 0.6) is 5.75 Å². The van der Waals surface area contributed by atoms with E-state index in [1.165, 1.54) is 9.80 Å². The van der Waals surface area contributed by atoms with Gasteiger partial charge in [-0.2, -0.15) is 0 Å². The van der Waals surface area contributed by atoms with Crippen LogP contribution in [-0.2, 0) is 16.1 Å². The second kappa shape index (κ2) is 9.52. The molecule has 3 amide bonds. The van der Waals surface area contributed by atoms with E-state index in [2.05, 4.69) is 10.2 Å². The van der Waals surface area contributed by atoms with E-state index in [4.69, 9.17) is 4.74 Å². The Kier molecular flexibility index (Phi) is 6.53. The third-order valence-corrected chi connectivity index (χ3v) is 6.23. The van der Waals surface area contributed by atoms with Gasteiger partial charge < -0.3 is 19.9 Å². The average molecular weight is 451 g/mol. The van der Waals surface area contributed by atoms with E-state index in [1.807, 2.05) is 30.3 Å². The molecular formula is C25H30N4O4. The number of anilines is 2. The van der Waals surface area contributed by atoms with E-state index in [0.29, 0.717) is 17.8 Å². The Morgan fingerprint density at radius 3 is 2.55 bits per heavy atom. The van der Waals surface area contributed by atoms with Crippen molar-refractivity contribution in [2.45, 2.75) is 31.8 Å². The van der Waals surface area contributed by atoms with Crippen LogP contribution in [-0.4, -0.2) is 63.0 Å². The highest BCUT2D eigenvalue weighted by atomic mass is 16.5. The van der Waals surface area contributed by atoms with E-state index >= 15 is 0 Å². The minimum atomic E-state index is -0.268. The molecule has 0 aliphatic carbocycles. The first kappa shape index (κ1) is 22.6. The van der Waals surface area contributed by atoms with E-state index in [9.17, 15) is 14.4 Å². The third kappa shape index (κ3) is 4.65. The van der Waals surface area contributed by atoms with Crippen LogP contribution < -0.4 is 19.9 Å². The number of carbonyl (C=O) groups is 3. The summed E-state index contributed by atoms with van der Waals surface area (Å²) in [7, 11) is 4.99. The van der Waals surface area contributed by atoms with Crippen molar-refractivity contribution in [1.82, 2.24) is 10.2 Å². The lowest BCUT2D eigenvalue weighted by Gasteiger charge is -2.45. The summed E-state index contributed by atoms with van der Waals surface area (Å²) >= 11 is 0. The van der Waals surface area contributed by atoms with Crippen LogP contribution in [0.3, 0.4) is 0 Å². The Morgan fingerprint density at radius 1 is 1.09 bits per heavy atom. The Labute approximate surface area is 194 Å². The van der Waals surface area contributed by atoms with Gasteiger partial charge in [0.15, 0.2) is 0 Å². The summed E-state index contributed by atoms with van der Waals surface area (Å²) in [6.45, 7) is 1.06. The fraction of sp³-hybridized carbons (Fsp3) is 0.400. The second-order valence-electron chi connectivity index (χ2n) is 8.66. The third-order valence-electron chi connectivity index (χ3n) is 6.23. The number of benzene rings is 2. The zero-order valence-corrected chi connectivity index (χ0v) is 19.3. The van der Waals surface area contributed by atoms with E-state index in [1.54, 1.807) is 33.3 Å². The van der Waals surface area contributed by atoms with E-state index in [-0.39, 0.29) is 30.3 Å². The molecule has 0 bridgehead atoms. The highest BCUT2D eigenvalue weighted by Crippen LogP contribution is 2.40. The van der Waals surface area contributed by atoms with Gasteiger partial charge in [0.25, 0.3) is 5.91 Å². The summed E-state index contributed by atoms with van der Waals surface area (Å²) in [5.74, 6) is 0.269. The second-order valence-corrected chi connectivity index (χ2v) is 8.66. The molecule has 1 N–H and O–H groups in total. The Bertz CT molecular complexity index is 1050. The van der Waals surface area contributed by atoms with Gasteiger partial charge in [-0.3, -0.25) is 19.3 Å². The number of carbonyl (C=O) groups excluding carboxylic acids is 3. The molecule has 2 aliphatic heterocycles. The molecule has 33 heavy (non-hydrogen) atoms. The largest absolute Gasteiger partial charge is 0.497 e. The number of rotatable bonds is 6. The highest BCUT2D eigenvalue weighted by Gasteiger charge is 2.40. The molecule has 2 aromatic rings. The van der Waals surface area contributed by atoms with Crippen molar-refractivity contribution in [3.05, 3.63) is 53.6 Å². The lowest BCUT2D eigenvalue weighted by atomic mass is 9.95. The normalized spacial score (nSPS) is 17.2. The quantitative estimate of drug-likeness (QED) is 0.731. The van der Waals surface area contributed by atoms with E-state index in [0.717, 1.165) is 42.8 Å². The van der Waals surface area contributed by atoms with Gasteiger partial charge in [-0.1, -0.05) is 12.1 Å². The van der Waals surface area contributed by atoms with Crippen LogP contribution in [0, 0.1) is 0 Å². The minimum Gasteiger partial charge on any atom is -0.497 e. The van der Waals surface area contributed by atoms with Crippen molar-refractivity contribution in [2.75, 3.05) is 44.1 Å². The predicted octanol–water partition coefficient (Wildman–Crippen LogP) is 2.42. The summed E-state index contributed by atoms with van der Waals surface area (Å²) in [5, 5.41) is 2.90. The van der Waals surface area contributed by atoms with Crippen LogP contribution in [0.15, 0.2) is 42.5 Å². The van der Waals surface area contributed by atoms with Gasteiger partial charge in [-0.15, -0.1) is 0 Å². The fourth-order valence-electron chi connectivity index (χ4n) is 4.46. The zero-order chi connectivity index (χ0) is 23.5. The fourth-order valence-corrected chi connectivity index (χ4v) is 4.46. The molecule has 2 aliphatic rings. The smallest absolute Gasteiger partial charge is 0.253 e. The molecule has 0 aromatic heterocycles.